The van der Waals surface area contributed by atoms with Crippen LogP contribution in [0.4, 0.5) is 0 Å². The zero-order valence-electron chi connectivity index (χ0n) is 7.70. The summed E-state index contributed by atoms with van der Waals surface area (Å²) in [7, 11) is 0. The van der Waals surface area contributed by atoms with Crippen LogP contribution in [0.5, 0.6) is 0 Å². The lowest BCUT2D eigenvalue weighted by Gasteiger charge is -2.01. The summed E-state index contributed by atoms with van der Waals surface area (Å²) in [6, 6.07) is 0. The van der Waals surface area contributed by atoms with Crippen LogP contribution in [0.2, 0.25) is 0 Å². The lowest BCUT2D eigenvalue weighted by molar-refractivity contribution is -0.141. The molecule has 0 aromatic heterocycles. The highest BCUT2D eigenvalue weighted by molar-refractivity contribution is 8.01. The number of rotatable bonds is 5. The maximum atomic E-state index is 10.9. The van der Waals surface area contributed by atoms with Crippen LogP contribution in [0.15, 0.2) is 11.5 Å². The molecule has 0 saturated heterocycles. The molecular weight excluding hydrogens is 190 g/mol. The second-order valence-electron chi connectivity index (χ2n) is 2.17. The Morgan fingerprint density at radius 1 is 1.54 bits per heavy atom. The molecule has 0 fully saturated rings. The van der Waals surface area contributed by atoms with Crippen molar-refractivity contribution in [2.45, 2.75) is 6.92 Å². The third-order valence-electron chi connectivity index (χ3n) is 1.06. The summed E-state index contributed by atoms with van der Waals surface area (Å²) >= 11 is 1.45. The first kappa shape index (κ1) is 12.0. The predicted molar refractivity (Wildman–Crippen MR) is 52.3 cm³/mol. The lowest BCUT2D eigenvalue weighted by atomic mass is 10.5. The van der Waals surface area contributed by atoms with Gasteiger partial charge in [-0.15, -0.1) is 11.8 Å². The van der Waals surface area contributed by atoms with Gasteiger partial charge in [0.1, 0.15) is 6.61 Å². The molecule has 0 saturated carbocycles. The summed E-state index contributed by atoms with van der Waals surface area (Å²) in [6.07, 6.45) is 3.29. The van der Waals surface area contributed by atoms with Gasteiger partial charge in [-0.05, 0) is 11.7 Å². The fourth-order valence-corrected chi connectivity index (χ4v) is 0.817. The molecule has 1 N–H and O–H groups in total. The minimum absolute atomic E-state index is 0.179. The molecule has 0 aliphatic carbocycles. The summed E-state index contributed by atoms with van der Waals surface area (Å²) in [6.45, 7) is 1.89. The third kappa shape index (κ3) is 8.94. The average molecular weight is 203 g/mol. The molecule has 4 nitrogen and oxygen atoms in total. The molecule has 0 atom stereocenters. The summed E-state index contributed by atoms with van der Waals surface area (Å²) in [5.74, 6) is -0.518. The maximum absolute atomic E-state index is 10.9. The SMILES string of the molecule is CSC=CC(=O)NCCOC(C)=O. The standard InChI is InChI=1S/C8H13NO3S/c1-7(10)12-5-4-9-8(11)3-6-13-2/h3,6H,4-5H2,1-2H3,(H,9,11). The summed E-state index contributed by atoms with van der Waals surface area (Å²) < 4.78 is 4.61. The molecule has 74 valence electrons. The molecule has 0 aliphatic heterocycles. The van der Waals surface area contributed by atoms with E-state index in [0.29, 0.717) is 6.54 Å². The van der Waals surface area contributed by atoms with Gasteiger partial charge in [0.2, 0.25) is 5.91 Å². The van der Waals surface area contributed by atoms with Crippen LogP contribution in [0.25, 0.3) is 0 Å². The molecule has 0 aliphatic rings. The van der Waals surface area contributed by atoms with E-state index in [-0.39, 0.29) is 18.5 Å². The number of thioether (sulfide) groups is 1. The first-order valence-corrected chi connectivity index (χ1v) is 5.06. The number of esters is 1. The Kier molecular flexibility index (Phi) is 7.10. The molecular formula is C8H13NO3S. The maximum Gasteiger partial charge on any atom is 0.302 e. The number of hydrogen-bond donors (Lipinski definition) is 1. The Hall–Kier alpha value is -0.970. The number of amides is 1. The number of carbonyl (C=O) groups is 2. The first-order valence-electron chi connectivity index (χ1n) is 3.77. The van der Waals surface area contributed by atoms with Crippen molar-refractivity contribution >= 4 is 23.6 Å². The highest BCUT2D eigenvalue weighted by atomic mass is 32.2. The quantitative estimate of drug-likeness (QED) is 0.402. The summed E-state index contributed by atoms with van der Waals surface area (Å²) in [5.41, 5.74) is 0. The van der Waals surface area contributed by atoms with Crippen molar-refractivity contribution in [3.8, 4) is 0 Å². The lowest BCUT2D eigenvalue weighted by Crippen LogP contribution is -2.25. The van der Waals surface area contributed by atoms with Crippen LogP contribution in [0.3, 0.4) is 0 Å². The molecule has 5 heteroatoms. The van der Waals surface area contributed by atoms with Gasteiger partial charge >= 0.3 is 5.97 Å². The minimum Gasteiger partial charge on any atom is -0.464 e. The third-order valence-corrected chi connectivity index (χ3v) is 1.47. The highest BCUT2D eigenvalue weighted by Gasteiger charge is 1.95. The van der Waals surface area contributed by atoms with E-state index in [9.17, 15) is 9.59 Å². The Morgan fingerprint density at radius 2 is 2.23 bits per heavy atom. The molecule has 0 aromatic carbocycles. The van der Waals surface area contributed by atoms with Crippen LogP contribution in [0.1, 0.15) is 6.92 Å². The first-order chi connectivity index (χ1) is 6.16. The molecule has 0 heterocycles. The topological polar surface area (TPSA) is 55.4 Å². The van der Waals surface area contributed by atoms with Crippen molar-refractivity contribution in [1.82, 2.24) is 5.32 Å². The highest BCUT2D eigenvalue weighted by Crippen LogP contribution is 1.91. The second-order valence-corrected chi connectivity index (χ2v) is 2.91. The van der Waals surface area contributed by atoms with Crippen LogP contribution in [0, 0.1) is 0 Å². The minimum atomic E-state index is -0.339. The fraction of sp³-hybridized carbons (Fsp3) is 0.500. The van der Waals surface area contributed by atoms with Gasteiger partial charge in [0.25, 0.3) is 0 Å². The molecule has 0 radical (unpaired) electrons. The van der Waals surface area contributed by atoms with Crippen molar-refractivity contribution in [2.24, 2.45) is 0 Å². The van der Waals surface area contributed by atoms with E-state index < -0.39 is 0 Å². The zero-order valence-corrected chi connectivity index (χ0v) is 8.52. The molecule has 0 rings (SSSR count). The van der Waals surface area contributed by atoms with Gasteiger partial charge in [-0.2, -0.15) is 0 Å². The number of nitrogens with one attached hydrogen (secondary N) is 1. The van der Waals surface area contributed by atoms with Gasteiger partial charge < -0.3 is 10.1 Å². The Bertz CT molecular complexity index is 204. The van der Waals surface area contributed by atoms with Crippen molar-refractivity contribution < 1.29 is 14.3 Å². The smallest absolute Gasteiger partial charge is 0.302 e. The molecule has 0 spiro atoms. The Balaban J connectivity index is 3.37. The Labute approximate surface area is 81.7 Å². The Morgan fingerprint density at radius 3 is 2.77 bits per heavy atom. The van der Waals surface area contributed by atoms with Crippen molar-refractivity contribution in [3.05, 3.63) is 11.5 Å². The van der Waals surface area contributed by atoms with E-state index in [1.165, 1.54) is 24.8 Å². The van der Waals surface area contributed by atoms with Crippen LogP contribution >= 0.6 is 11.8 Å². The fourth-order valence-electron chi connectivity index (χ4n) is 0.558. The predicted octanol–water partition coefficient (Wildman–Crippen LogP) is 0.542. The van der Waals surface area contributed by atoms with Crippen LogP contribution < -0.4 is 5.32 Å². The summed E-state index contributed by atoms with van der Waals surface area (Å²) in [4.78, 5) is 21.2. The van der Waals surface area contributed by atoms with Gasteiger partial charge in [-0.25, -0.2) is 0 Å². The van der Waals surface area contributed by atoms with Crippen molar-refractivity contribution in [3.63, 3.8) is 0 Å². The molecule has 0 bridgehead atoms. The molecule has 0 aromatic rings. The van der Waals surface area contributed by atoms with Gasteiger partial charge in [0.15, 0.2) is 0 Å². The second kappa shape index (κ2) is 7.67. The monoisotopic (exact) mass is 203 g/mol. The normalized spacial score (nSPS) is 10.0. The zero-order chi connectivity index (χ0) is 10.1. The number of carbonyl (C=O) groups excluding carboxylic acids is 2. The van der Waals surface area contributed by atoms with Crippen LogP contribution in [-0.4, -0.2) is 31.3 Å². The average Bonchev–Trinajstić information content (AvgIpc) is 2.08. The van der Waals surface area contributed by atoms with E-state index in [1.807, 2.05) is 6.26 Å². The van der Waals surface area contributed by atoms with Gasteiger partial charge in [0.05, 0.1) is 6.54 Å². The van der Waals surface area contributed by atoms with Gasteiger partial charge in [-0.3, -0.25) is 9.59 Å². The van der Waals surface area contributed by atoms with Crippen molar-refractivity contribution in [2.75, 3.05) is 19.4 Å². The van der Waals surface area contributed by atoms with Crippen molar-refractivity contribution in [1.29, 1.82) is 0 Å². The molecule has 13 heavy (non-hydrogen) atoms. The molecule has 0 unspecified atom stereocenters. The van der Waals surface area contributed by atoms with E-state index in [1.54, 1.807) is 5.41 Å². The molecule has 1 amide bonds. The van der Waals surface area contributed by atoms with E-state index in [4.69, 9.17) is 0 Å². The van der Waals surface area contributed by atoms with Gasteiger partial charge in [0, 0.05) is 13.0 Å². The van der Waals surface area contributed by atoms with Gasteiger partial charge in [-0.1, -0.05) is 0 Å². The van der Waals surface area contributed by atoms with E-state index in [0.717, 1.165) is 0 Å². The summed E-state index contributed by atoms with van der Waals surface area (Å²) in [5, 5.41) is 4.24. The number of ether oxygens (including phenoxy) is 1. The number of hydrogen-bond acceptors (Lipinski definition) is 4. The van der Waals surface area contributed by atoms with E-state index in [2.05, 4.69) is 10.1 Å². The largest absolute Gasteiger partial charge is 0.464 e. The van der Waals surface area contributed by atoms with E-state index >= 15 is 0 Å². The van der Waals surface area contributed by atoms with Crippen LogP contribution in [-0.2, 0) is 14.3 Å².